The van der Waals surface area contributed by atoms with Crippen molar-refractivity contribution in [1.82, 2.24) is 0 Å². The molecule has 4 unspecified atom stereocenters. The number of aliphatic hydroxyl groups is 1. The first kappa shape index (κ1) is 90.1. The standard InChI is InChI=1S/C73H142O17P2/c1-8-11-12-13-14-15-22-26-33-42-49-56-72(77)90-69(61-84-71(76)55-48-41-36-35-39-46-53-66(7)10-3)63-88-92(81,82)86-59-67(74)58-85-91(79,80)87-62-68(60-83-70(75)54-47-40-32-29-28-31-38-45-52-65(6)9-2)89-73(78)57-50-43-34-27-24-21-19-17-16-18-20-23-25-30-37-44-51-64(4)5/h64-69,74H,8-63H2,1-7H3,(H,79,80)(H,81,82)/t65?,66?,67-,68-,69-/m1/s1. The second-order valence-corrected chi connectivity index (χ2v) is 30.2. The lowest BCUT2D eigenvalue weighted by molar-refractivity contribution is -0.161. The van der Waals surface area contributed by atoms with Crippen molar-refractivity contribution in [2.45, 2.75) is 388 Å². The van der Waals surface area contributed by atoms with E-state index < -0.39 is 97.5 Å². The maximum Gasteiger partial charge on any atom is 0.472 e. The van der Waals surface area contributed by atoms with Crippen LogP contribution in [0.15, 0.2) is 0 Å². The van der Waals surface area contributed by atoms with E-state index in [1.54, 1.807) is 0 Å². The molecule has 0 fully saturated rings. The van der Waals surface area contributed by atoms with Gasteiger partial charge in [0, 0.05) is 25.7 Å². The zero-order valence-corrected chi connectivity index (χ0v) is 61.8. The Bertz CT molecular complexity index is 1810. The normalized spacial score (nSPS) is 14.7. The van der Waals surface area contributed by atoms with Gasteiger partial charge in [0.15, 0.2) is 12.2 Å². The second kappa shape index (κ2) is 63.8. The fourth-order valence-corrected chi connectivity index (χ4v) is 12.6. The number of phosphoric acid groups is 2. The minimum atomic E-state index is -4.95. The van der Waals surface area contributed by atoms with Gasteiger partial charge in [-0.15, -0.1) is 0 Å². The van der Waals surface area contributed by atoms with Crippen LogP contribution in [0.5, 0.6) is 0 Å². The molecule has 546 valence electrons. The third kappa shape index (κ3) is 64.1. The molecule has 0 spiro atoms. The van der Waals surface area contributed by atoms with Gasteiger partial charge >= 0.3 is 39.5 Å². The van der Waals surface area contributed by atoms with Crippen molar-refractivity contribution in [3.63, 3.8) is 0 Å². The summed E-state index contributed by atoms with van der Waals surface area (Å²) in [6.45, 7) is 11.9. The van der Waals surface area contributed by atoms with Crippen molar-refractivity contribution in [2.75, 3.05) is 39.6 Å². The van der Waals surface area contributed by atoms with Crippen LogP contribution < -0.4 is 0 Å². The van der Waals surface area contributed by atoms with E-state index in [2.05, 4.69) is 48.5 Å². The van der Waals surface area contributed by atoms with Crippen LogP contribution in [-0.2, 0) is 65.4 Å². The van der Waals surface area contributed by atoms with E-state index >= 15 is 0 Å². The summed E-state index contributed by atoms with van der Waals surface area (Å²) >= 11 is 0. The third-order valence-corrected chi connectivity index (χ3v) is 19.5. The number of hydrogen-bond donors (Lipinski definition) is 3. The first-order chi connectivity index (χ1) is 44.3. The predicted molar refractivity (Wildman–Crippen MR) is 372 cm³/mol. The van der Waals surface area contributed by atoms with Gasteiger partial charge in [-0.05, 0) is 43.4 Å². The summed E-state index contributed by atoms with van der Waals surface area (Å²) in [5.41, 5.74) is 0. The minimum Gasteiger partial charge on any atom is -0.462 e. The lowest BCUT2D eigenvalue weighted by atomic mass is 9.99. The lowest BCUT2D eigenvalue weighted by Gasteiger charge is -2.21. The molecule has 0 aromatic rings. The molecule has 0 aliphatic rings. The summed E-state index contributed by atoms with van der Waals surface area (Å²) < 4.78 is 68.4. The van der Waals surface area contributed by atoms with Crippen molar-refractivity contribution >= 4 is 39.5 Å². The molecule has 0 aromatic heterocycles. The Morgan fingerprint density at radius 1 is 0.315 bits per heavy atom. The Morgan fingerprint density at radius 2 is 0.554 bits per heavy atom. The maximum atomic E-state index is 13.1. The number of aliphatic hydroxyl groups excluding tert-OH is 1. The van der Waals surface area contributed by atoms with Gasteiger partial charge in [0.1, 0.15) is 19.3 Å². The molecule has 0 aliphatic heterocycles. The van der Waals surface area contributed by atoms with Gasteiger partial charge in [0.25, 0.3) is 0 Å². The third-order valence-electron chi connectivity index (χ3n) is 17.6. The first-order valence-electron chi connectivity index (χ1n) is 37.9. The van der Waals surface area contributed by atoms with Crippen molar-refractivity contribution in [1.29, 1.82) is 0 Å². The summed E-state index contributed by atoms with van der Waals surface area (Å²) in [6, 6.07) is 0. The highest BCUT2D eigenvalue weighted by atomic mass is 31.2. The fraction of sp³-hybridized carbons (Fsp3) is 0.945. The van der Waals surface area contributed by atoms with E-state index in [0.29, 0.717) is 25.7 Å². The average molecular weight is 1350 g/mol. The van der Waals surface area contributed by atoms with E-state index in [0.717, 1.165) is 114 Å². The topological polar surface area (TPSA) is 237 Å². The van der Waals surface area contributed by atoms with Crippen LogP contribution in [-0.4, -0.2) is 96.7 Å². The van der Waals surface area contributed by atoms with E-state index in [9.17, 15) is 43.2 Å². The minimum absolute atomic E-state index is 0.106. The molecule has 0 aromatic carbocycles. The molecule has 0 bridgehead atoms. The van der Waals surface area contributed by atoms with Crippen LogP contribution >= 0.6 is 15.6 Å². The summed E-state index contributed by atoms with van der Waals surface area (Å²) in [6.07, 6.45) is 48.5. The SMILES string of the molecule is CCCCCCCCCCCCCC(=O)O[C@H](COC(=O)CCCCCCCCC(C)CC)COP(=O)(O)OC[C@H](O)COP(=O)(O)OC[C@@H](COC(=O)CCCCCCCCCCC(C)CC)OC(=O)CCCCCCCCCCCCCCCCCCC(C)C. The summed E-state index contributed by atoms with van der Waals surface area (Å²) in [7, 11) is -9.91. The average Bonchev–Trinajstić information content (AvgIpc) is 3.56. The molecule has 0 heterocycles. The lowest BCUT2D eigenvalue weighted by Crippen LogP contribution is -2.30. The summed E-state index contributed by atoms with van der Waals surface area (Å²) in [5.74, 6) is 0.195. The van der Waals surface area contributed by atoms with Gasteiger partial charge in [0.2, 0.25) is 0 Å². The van der Waals surface area contributed by atoms with Crippen molar-refractivity contribution < 1.29 is 80.2 Å². The molecule has 17 nitrogen and oxygen atoms in total. The van der Waals surface area contributed by atoms with Crippen molar-refractivity contribution in [3.8, 4) is 0 Å². The quantitative estimate of drug-likeness (QED) is 0.0222. The van der Waals surface area contributed by atoms with E-state index in [1.807, 2.05) is 0 Å². The van der Waals surface area contributed by atoms with E-state index in [-0.39, 0.29) is 25.7 Å². The zero-order chi connectivity index (χ0) is 68.0. The molecule has 0 aliphatic carbocycles. The van der Waals surface area contributed by atoms with E-state index in [4.69, 9.17) is 37.0 Å². The monoisotopic (exact) mass is 1350 g/mol. The Labute approximate surface area is 562 Å². The highest BCUT2D eigenvalue weighted by molar-refractivity contribution is 7.47. The smallest absolute Gasteiger partial charge is 0.462 e. The number of rotatable bonds is 71. The number of phosphoric ester groups is 2. The molecule has 92 heavy (non-hydrogen) atoms. The number of ether oxygens (including phenoxy) is 4. The molecule has 7 atom stereocenters. The van der Waals surface area contributed by atoms with Gasteiger partial charge < -0.3 is 33.8 Å². The van der Waals surface area contributed by atoms with Crippen molar-refractivity contribution in [3.05, 3.63) is 0 Å². The number of carbonyl (C=O) groups is 4. The molecule has 3 N–H and O–H groups in total. The van der Waals surface area contributed by atoms with Gasteiger partial charge in [-0.2, -0.15) is 0 Å². The van der Waals surface area contributed by atoms with Gasteiger partial charge in [-0.25, -0.2) is 9.13 Å². The first-order valence-corrected chi connectivity index (χ1v) is 40.9. The molecule has 19 heteroatoms. The molecule has 0 rings (SSSR count). The Morgan fingerprint density at radius 3 is 0.826 bits per heavy atom. The molecule has 0 amide bonds. The molecule has 0 radical (unpaired) electrons. The van der Waals surface area contributed by atoms with Crippen LogP contribution in [0, 0.1) is 17.8 Å². The van der Waals surface area contributed by atoms with Crippen LogP contribution in [0.1, 0.15) is 370 Å². The predicted octanol–water partition coefficient (Wildman–Crippen LogP) is 21.0. The molecular weight excluding hydrogens is 1210 g/mol. The molecule has 0 saturated heterocycles. The van der Waals surface area contributed by atoms with Crippen molar-refractivity contribution in [2.24, 2.45) is 17.8 Å². The van der Waals surface area contributed by atoms with Gasteiger partial charge in [0.05, 0.1) is 26.4 Å². The number of esters is 4. The Hall–Kier alpha value is -1.94. The Kier molecular flexibility index (Phi) is 62.4. The van der Waals surface area contributed by atoms with Crippen LogP contribution in [0.25, 0.3) is 0 Å². The number of hydrogen-bond acceptors (Lipinski definition) is 15. The maximum absolute atomic E-state index is 13.1. The summed E-state index contributed by atoms with van der Waals surface area (Å²) in [4.78, 5) is 72.6. The van der Waals surface area contributed by atoms with E-state index in [1.165, 1.54) is 173 Å². The summed E-state index contributed by atoms with van der Waals surface area (Å²) in [5, 5.41) is 10.6. The number of carbonyl (C=O) groups excluding carboxylic acids is 4. The molecule has 0 saturated carbocycles. The zero-order valence-electron chi connectivity index (χ0n) is 60.0. The largest absolute Gasteiger partial charge is 0.472 e. The molecular formula is C73H142O17P2. The second-order valence-electron chi connectivity index (χ2n) is 27.3. The highest BCUT2D eigenvalue weighted by Gasteiger charge is 2.30. The van der Waals surface area contributed by atoms with Crippen LogP contribution in [0.3, 0.4) is 0 Å². The number of unbranched alkanes of at least 4 members (excludes halogenated alkanes) is 37. The van der Waals surface area contributed by atoms with Gasteiger partial charge in [-0.1, -0.05) is 318 Å². The Balaban J connectivity index is 5.22. The fourth-order valence-electron chi connectivity index (χ4n) is 11.0. The van der Waals surface area contributed by atoms with Crippen LogP contribution in [0.2, 0.25) is 0 Å². The highest BCUT2D eigenvalue weighted by Crippen LogP contribution is 2.45. The van der Waals surface area contributed by atoms with Crippen LogP contribution in [0.4, 0.5) is 0 Å². The van der Waals surface area contributed by atoms with Gasteiger partial charge in [-0.3, -0.25) is 37.3 Å².